The van der Waals surface area contributed by atoms with Gasteiger partial charge in [0.25, 0.3) is 5.91 Å². The van der Waals surface area contributed by atoms with Gasteiger partial charge in [0, 0.05) is 20.3 Å². The molecule has 0 N–H and O–H groups in total. The molecule has 2 aliphatic rings. The highest BCUT2D eigenvalue weighted by atomic mass is 16.5. The van der Waals surface area contributed by atoms with E-state index in [1.54, 1.807) is 13.4 Å². The highest BCUT2D eigenvalue weighted by molar-refractivity contribution is 5.93. The Morgan fingerprint density at radius 2 is 2.44 bits per heavy atom. The average molecular weight is 255 g/mol. The number of hydrogen-bond donors (Lipinski definition) is 0. The van der Waals surface area contributed by atoms with E-state index in [0.717, 1.165) is 24.8 Å². The lowest BCUT2D eigenvalue weighted by molar-refractivity contribution is -0.136. The quantitative estimate of drug-likeness (QED) is 0.750. The molecule has 102 valence electrons. The maximum atomic E-state index is 12.4. The summed E-state index contributed by atoms with van der Waals surface area (Å²) in [5, 5.41) is 0. The summed E-state index contributed by atoms with van der Waals surface area (Å²) in [5.41, 5.74) is 0.783. The second kappa shape index (κ2) is 6.75. The molecule has 0 saturated carbocycles. The lowest BCUT2D eigenvalue weighted by atomic mass is 10.1. The van der Waals surface area contributed by atoms with Gasteiger partial charge in [-0.15, -0.1) is 0 Å². The first kappa shape index (κ1) is 13.4. The standard InChI is InChI=1S/C13H21NO4/c1-16-7-4-12-10-18-8-5-14(12)13(15)11-3-2-6-17-9-11/h9,12H,2-8,10H2,1H3. The van der Waals surface area contributed by atoms with Crippen molar-refractivity contribution in [3.63, 3.8) is 0 Å². The van der Waals surface area contributed by atoms with Crippen molar-refractivity contribution in [1.82, 2.24) is 4.90 Å². The number of hydrogen-bond acceptors (Lipinski definition) is 4. The Kier molecular flexibility index (Phi) is 5.01. The first-order valence-electron chi connectivity index (χ1n) is 6.51. The van der Waals surface area contributed by atoms with Crippen molar-refractivity contribution in [3.8, 4) is 0 Å². The van der Waals surface area contributed by atoms with Gasteiger partial charge in [0.2, 0.25) is 0 Å². The summed E-state index contributed by atoms with van der Waals surface area (Å²) in [6, 6.07) is 0.119. The molecular weight excluding hydrogens is 234 g/mol. The second-order valence-electron chi connectivity index (χ2n) is 4.63. The van der Waals surface area contributed by atoms with E-state index in [1.807, 2.05) is 4.90 Å². The number of carbonyl (C=O) groups is 1. The van der Waals surface area contributed by atoms with E-state index < -0.39 is 0 Å². The number of amides is 1. The van der Waals surface area contributed by atoms with Gasteiger partial charge in [-0.1, -0.05) is 0 Å². The lowest BCUT2D eigenvalue weighted by Crippen LogP contribution is -2.49. The zero-order valence-corrected chi connectivity index (χ0v) is 10.9. The molecule has 2 rings (SSSR count). The summed E-state index contributed by atoms with van der Waals surface area (Å²) < 4.78 is 15.8. The van der Waals surface area contributed by atoms with Gasteiger partial charge in [0.15, 0.2) is 0 Å². The van der Waals surface area contributed by atoms with Crippen molar-refractivity contribution >= 4 is 5.91 Å². The minimum atomic E-state index is 0.0964. The molecule has 0 radical (unpaired) electrons. The van der Waals surface area contributed by atoms with E-state index in [0.29, 0.717) is 33.0 Å². The van der Waals surface area contributed by atoms with Gasteiger partial charge < -0.3 is 19.1 Å². The molecule has 5 heteroatoms. The van der Waals surface area contributed by atoms with E-state index in [2.05, 4.69) is 0 Å². The second-order valence-corrected chi connectivity index (χ2v) is 4.63. The van der Waals surface area contributed by atoms with Crippen LogP contribution in [-0.2, 0) is 19.0 Å². The Balaban J connectivity index is 1.98. The van der Waals surface area contributed by atoms with Gasteiger partial charge in [-0.25, -0.2) is 0 Å². The van der Waals surface area contributed by atoms with Crippen molar-refractivity contribution in [2.75, 3.05) is 40.1 Å². The first-order chi connectivity index (χ1) is 8.83. The Morgan fingerprint density at radius 1 is 1.56 bits per heavy atom. The van der Waals surface area contributed by atoms with Crippen LogP contribution in [0, 0.1) is 0 Å². The topological polar surface area (TPSA) is 48.0 Å². The number of morpholine rings is 1. The summed E-state index contributed by atoms with van der Waals surface area (Å²) in [6.45, 7) is 3.23. The molecule has 1 saturated heterocycles. The van der Waals surface area contributed by atoms with Gasteiger partial charge >= 0.3 is 0 Å². The van der Waals surface area contributed by atoms with Crippen LogP contribution in [0.3, 0.4) is 0 Å². The fourth-order valence-electron chi connectivity index (χ4n) is 2.32. The van der Waals surface area contributed by atoms with Crippen molar-refractivity contribution < 1.29 is 19.0 Å². The Labute approximate surface area is 108 Å². The van der Waals surface area contributed by atoms with E-state index in [9.17, 15) is 4.79 Å². The predicted molar refractivity (Wildman–Crippen MR) is 66.1 cm³/mol. The molecule has 0 spiro atoms. The van der Waals surface area contributed by atoms with Crippen LogP contribution in [0.4, 0.5) is 0 Å². The molecule has 1 amide bonds. The van der Waals surface area contributed by atoms with Crippen LogP contribution in [0.2, 0.25) is 0 Å². The molecule has 5 nitrogen and oxygen atoms in total. The minimum absolute atomic E-state index is 0.0964. The third-order valence-electron chi connectivity index (χ3n) is 3.35. The summed E-state index contributed by atoms with van der Waals surface area (Å²) in [7, 11) is 1.67. The SMILES string of the molecule is COCCC1COCCN1C(=O)C1=COCCC1. The highest BCUT2D eigenvalue weighted by Crippen LogP contribution is 2.19. The van der Waals surface area contributed by atoms with Gasteiger partial charge in [-0.2, -0.15) is 0 Å². The van der Waals surface area contributed by atoms with Gasteiger partial charge in [-0.05, 0) is 19.3 Å². The van der Waals surface area contributed by atoms with Crippen molar-refractivity contribution in [2.45, 2.75) is 25.3 Å². The number of methoxy groups -OCH3 is 1. The van der Waals surface area contributed by atoms with Crippen LogP contribution in [-0.4, -0.2) is 56.9 Å². The molecule has 18 heavy (non-hydrogen) atoms. The molecule has 0 aromatic heterocycles. The van der Waals surface area contributed by atoms with Crippen LogP contribution >= 0.6 is 0 Å². The Bertz CT molecular complexity index is 316. The summed E-state index contributed by atoms with van der Waals surface area (Å²) in [4.78, 5) is 14.3. The first-order valence-corrected chi connectivity index (χ1v) is 6.51. The average Bonchev–Trinajstić information content (AvgIpc) is 2.45. The number of nitrogens with zero attached hydrogens (tertiary/aromatic N) is 1. The number of ether oxygens (including phenoxy) is 3. The maximum Gasteiger partial charge on any atom is 0.253 e. The molecule has 1 unspecified atom stereocenters. The fraction of sp³-hybridized carbons (Fsp3) is 0.769. The van der Waals surface area contributed by atoms with Crippen molar-refractivity contribution in [2.24, 2.45) is 0 Å². The van der Waals surface area contributed by atoms with Gasteiger partial charge in [-0.3, -0.25) is 4.79 Å². The summed E-state index contributed by atoms with van der Waals surface area (Å²) in [6.07, 6.45) is 4.17. The lowest BCUT2D eigenvalue weighted by Gasteiger charge is -2.36. The monoisotopic (exact) mass is 255 g/mol. The van der Waals surface area contributed by atoms with Crippen molar-refractivity contribution in [3.05, 3.63) is 11.8 Å². The predicted octanol–water partition coefficient (Wildman–Crippen LogP) is 0.945. The van der Waals surface area contributed by atoms with Gasteiger partial charge in [0.1, 0.15) is 0 Å². The van der Waals surface area contributed by atoms with Crippen LogP contribution in [0.5, 0.6) is 0 Å². The number of carbonyl (C=O) groups excluding carboxylic acids is 1. The molecule has 2 heterocycles. The zero-order valence-electron chi connectivity index (χ0n) is 10.9. The normalized spacial score (nSPS) is 24.4. The maximum absolute atomic E-state index is 12.4. The van der Waals surface area contributed by atoms with Gasteiger partial charge in [0.05, 0.1) is 37.7 Å². The fourth-order valence-corrected chi connectivity index (χ4v) is 2.32. The molecule has 0 aliphatic carbocycles. The third kappa shape index (κ3) is 3.23. The Morgan fingerprint density at radius 3 is 3.17 bits per heavy atom. The Hall–Kier alpha value is -1.07. The molecule has 0 aromatic carbocycles. The van der Waals surface area contributed by atoms with Crippen LogP contribution in [0.25, 0.3) is 0 Å². The van der Waals surface area contributed by atoms with E-state index in [4.69, 9.17) is 14.2 Å². The minimum Gasteiger partial charge on any atom is -0.501 e. The van der Waals surface area contributed by atoms with Crippen LogP contribution < -0.4 is 0 Å². The van der Waals surface area contributed by atoms with Crippen molar-refractivity contribution in [1.29, 1.82) is 0 Å². The zero-order chi connectivity index (χ0) is 12.8. The van der Waals surface area contributed by atoms with E-state index >= 15 is 0 Å². The molecule has 1 fully saturated rings. The molecule has 0 bridgehead atoms. The largest absolute Gasteiger partial charge is 0.501 e. The molecular formula is C13H21NO4. The van der Waals surface area contributed by atoms with Crippen LogP contribution in [0.1, 0.15) is 19.3 Å². The smallest absolute Gasteiger partial charge is 0.253 e. The highest BCUT2D eigenvalue weighted by Gasteiger charge is 2.29. The van der Waals surface area contributed by atoms with E-state index in [1.165, 1.54) is 0 Å². The molecule has 2 aliphatic heterocycles. The molecule has 0 aromatic rings. The summed E-state index contributed by atoms with van der Waals surface area (Å²) >= 11 is 0. The summed E-state index contributed by atoms with van der Waals surface area (Å²) in [5.74, 6) is 0.0964. The third-order valence-corrected chi connectivity index (χ3v) is 3.35. The van der Waals surface area contributed by atoms with E-state index in [-0.39, 0.29) is 11.9 Å². The van der Waals surface area contributed by atoms with Crippen LogP contribution in [0.15, 0.2) is 11.8 Å². The number of rotatable bonds is 4. The molecule has 1 atom stereocenters.